The molecule has 0 saturated carbocycles. The van der Waals surface area contributed by atoms with E-state index in [9.17, 15) is 0 Å². The fraction of sp³-hybridized carbons (Fsp3) is 1.00. The van der Waals surface area contributed by atoms with Gasteiger partial charge in [0.05, 0.1) is 0 Å². The smallest absolute Gasteiger partial charge is 0.0196 e. The molecule has 1 N–H and O–H groups in total. The maximum atomic E-state index is 3.68. The minimum Gasteiger partial charge on any atom is -0.311 e. The van der Waals surface area contributed by atoms with Gasteiger partial charge in [0.15, 0.2) is 0 Å². The third-order valence-electron chi connectivity index (χ3n) is 3.95. The molecular formula is C14H30N2. The third kappa shape index (κ3) is 3.46. The Labute approximate surface area is 102 Å². The summed E-state index contributed by atoms with van der Waals surface area (Å²) in [6.45, 7) is 14.1. The van der Waals surface area contributed by atoms with Gasteiger partial charge in [0.25, 0.3) is 0 Å². The lowest BCUT2D eigenvalue weighted by Crippen LogP contribution is -2.59. The summed E-state index contributed by atoms with van der Waals surface area (Å²) in [5, 5.41) is 3.68. The van der Waals surface area contributed by atoms with Gasteiger partial charge in [-0.15, -0.1) is 0 Å². The molecule has 0 aromatic carbocycles. The molecule has 1 heterocycles. The summed E-state index contributed by atoms with van der Waals surface area (Å²) in [5.41, 5.74) is 0. The van der Waals surface area contributed by atoms with Gasteiger partial charge in [0.1, 0.15) is 0 Å². The number of nitrogens with one attached hydrogen (secondary N) is 1. The van der Waals surface area contributed by atoms with Crippen LogP contribution in [0.4, 0.5) is 0 Å². The Bertz CT molecular complexity index is 191. The number of hydrogen-bond acceptors (Lipinski definition) is 2. The summed E-state index contributed by atoms with van der Waals surface area (Å²) >= 11 is 0. The predicted octanol–water partition coefficient (Wildman–Crippen LogP) is 2.88. The standard InChI is InChI=1S/C14H30N2/c1-6-8-13-10-16(12(5)9-15-13)14(7-2)11(3)4/h11-15H,6-10H2,1-5H3. The zero-order chi connectivity index (χ0) is 12.1. The molecule has 96 valence electrons. The Morgan fingerprint density at radius 2 is 2.00 bits per heavy atom. The molecule has 0 amide bonds. The fourth-order valence-corrected chi connectivity index (χ4v) is 3.05. The van der Waals surface area contributed by atoms with Crippen molar-refractivity contribution < 1.29 is 0 Å². The molecule has 0 spiro atoms. The number of hydrogen-bond donors (Lipinski definition) is 1. The van der Waals surface area contributed by atoms with Crippen LogP contribution in [0.25, 0.3) is 0 Å². The summed E-state index contributed by atoms with van der Waals surface area (Å²) in [6, 6.07) is 2.17. The average molecular weight is 226 g/mol. The second-order valence-corrected chi connectivity index (χ2v) is 5.66. The van der Waals surface area contributed by atoms with Crippen molar-refractivity contribution in [1.29, 1.82) is 0 Å². The quantitative estimate of drug-likeness (QED) is 0.775. The van der Waals surface area contributed by atoms with Crippen LogP contribution in [-0.4, -0.2) is 36.1 Å². The number of nitrogens with zero attached hydrogens (tertiary/aromatic N) is 1. The highest BCUT2D eigenvalue weighted by Gasteiger charge is 2.30. The van der Waals surface area contributed by atoms with Crippen LogP contribution < -0.4 is 5.32 Å². The molecule has 0 radical (unpaired) electrons. The van der Waals surface area contributed by atoms with Crippen LogP contribution in [0.1, 0.15) is 53.9 Å². The van der Waals surface area contributed by atoms with Gasteiger partial charge in [0, 0.05) is 31.2 Å². The van der Waals surface area contributed by atoms with E-state index in [0.717, 1.165) is 18.5 Å². The molecule has 16 heavy (non-hydrogen) atoms. The Hall–Kier alpha value is -0.0800. The van der Waals surface area contributed by atoms with Crippen LogP contribution in [0.2, 0.25) is 0 Å². The Morgan fingerprint density at radius 3 is 2.50 bits per heavy atom. The molecule has 0 aromatic heterocycles. The Morgan fingerprint density at radius 1 is 1.31 bits per heavy atom. The van der Waals surface area contributed by atoms with Crippen molar-refractivity contribution in [3.05, 3.63) is 0 Å². The van der Waals surface area contributed by atoms with Crippen molar-refractivity contribution in [2.75, 3.05) is 13.1 Å². The molecule has 1 aliphatic rings. The first-order valence-corrected chi connectivity index (χ1v) is 7.09. The third-order valence-corrected chi connectivity index (χ3v) is 3.95. The average Bonchev–Trinajstić information content (AvgIpc) is 2.23. The molecule has 1 rings (SSSR count). The lowest BCUT2D eigenvalue weighted by atomic mass is 9.95. The number of rotatable bonds is 5. The lowest BCUT2D eigenvalue weighted by Gasteiger charge is -2.44. The molecule has 1 fully saturated rings. The highest BCUT2D eigenvalue weighted by Crippen LogP contribution is 2.21. The summed E-state index contributed by atoms with van der Waals surface area (Å²) in [4.78, 5) is 2.74. The largest absolute Gasteiger partial charge is 0.311 e. The first kappa shape index (κ1) is 14.0. The minimum absolute atomic E-state index is 0.695. The maximum absolute atomic E-state index is 3.68. The maximum Gasteiger partial charge on any atom is 0.0196 e. The van der Waals surface area contributed by atoms with Crippen molar-refractivity contribution in [3.63, 3.8) is 0 Å². The van der Waals surface area contributed by atoms with Gasteiger partial charge in [-0.25, -0.2) is 0 Å². The summed E-state index contributed by atoms with van der Waals surface area (Å²) in [7, 11) is 0. The van der Waals surface area contributed by atoms with Gasteiger partial charge < -0.3 is 5.32 Å². The molecule has 2 heteroatoms. The van der Waals surface area contributed by atoms with E-state index in [0.29, 0.717) is 12.1 Å². The molecular weight excluding hydrogens is 196 g/mol. The van der Waals surface area contributed by atoms with E-state index in [1.165, 1.54) is 25.8 Å². The SMILES string of the molecule is CCCC1CN(C(CC)C(C)C)C(C)CN1. The van der Waals surface area contributed by atoms with Gasteiger partial charge in [-0.3, -0.25) is 4.90 Å². The molecule has 0 bridgehead atoms. The highest BCUT2D eigenvalue weighted by molar-refractivity contribution is 4.88. The van der Waals surface area contributed by atoms with E-state index < -0.39 is 0 Å². The van der Waals surface area contributed by atoms with Crippen molar-refractivity contribution >= 4 is 0 Å². The minimum atomic E-state index is 0.695. The first-order valence-electron chi connectivity index (χ1n) is 7.09. The van der Waals surface area contributed by atoms with E-state index in [4.69, 9.17) is 0 Å². The van der Waals surface area contributed by atoms with Crippen LogP contribution >= 0.6 is 0 Å². The zero-order valence-corrected chi connectivity index (χ0v) is 11.8. The van der Waals surface area contributed by atoms with E-state index in [1.54, 1.807) is 0 Å². The molecule has 3 atom stereocenters. The van der Waals surface area contributed by atoms with Crippen LogP contribution in [0.15, 0.2) is 0 Å². The van der Waals surface area contributed by atoms with Crippen molar-refractivity contribution in [2.24, 2.45) is 5.92 Å². The van der Waals surface area contributed by atoms with Gasteiger partial charge in [-0.05, 0) is 25.7 Å². The molecule has 0 aromatic rings. The molecule has 1 saturated heterocycles. The van der Waals surface area contributed by atoms with Crippen LogP contribution in [0.3, 0.4) is 0 Å². The van der Waals surface area contributed by atoms with E-state index in [-0.39, 0.29) is 0 Å². The van der Waals surface area contributed by atoms with Gasteiger partial charge >= 0.3 is 0 Å². The second-order valence-electron chi connectivity index (χ2n) is 5.66. The topological polar surface area (TPSA) is 15.3 Å². The monoisotopic (exact) mass is 226 g/mol. The van der Waals surface area contributed by atoms with E-state index in [2.05, 4.69) is 44.8 Å². The van der Waals surface area contributed by atoms with Crippen molar-refractivity contribution in [1.82, 2.24) is 10.2 Å². The second kappa shape index (κ2) is 6.61. The van der Waals surface area contributed by atoms with Crippen molar-refractivity contribution in [3.8, 4) is 0 Å². The van der Waals surface area contributed by atoms with Gasteiger partial charge in [0.2, 0.25) is 0 Å². The Balaban J connectivity index is 2.60. The van der Waals surface area contributed by atoms with Crippen LogP contribution in [0.5, 0.6) is 0 Å². The zero-order valence-electron chi connectivity index (χ0n) is 11.8. The first-order chi connectivity index (χ1) is 7.60. The van der Waals surface area contributed by atoms with Crippen LogP contribution in [-0.2, 0) is 0 Å². The van der Waals surface area contributed by atoms with Gasteiger partial charge in [-0.1, -0.05) is 34.1 Å². The Kier molecular flexibility index (Phi) is 5.77. The van der Waals surface area contributed by atoms with E-state index >= 15 is 0 Å². The highest BCUT2D eigenvalue weighted by atomic mass is 15.3. The van der Waals surface area contributed by atoms with Gasteiger partial charge in [-0.2, -0.15) is 0 Å². The number of piperazine rings is 1. The molecule has 0 aliphatic carbocycles. The predicted molar refractivity (Wildman–Crippen MR) is 71.8 cm³/mol. The molecule has 2 nitrogen and oxygen atoms in total. The summed E-state index contributed by atoms with van der Waals surface area (Å²) < 4.78 is 0. The summed E-state index contributed by atoms with van der Waals surface area (Å²) in [5.74, 6) is 0.771. The molecule has 3 unspecified atom stereocenters. The van der Waals surface area contributed by atoms with Crippen LogP contribution in [0, 0.1) is 5.92 Å². The lowest BCUT2D eigenvalue weighted by molar-refractivity contribution is 0.0624. The molecule has 1 aliphatic heterocycles. The van der Waals surface area contributed by atoms with Crippen molar-refractivity contribution in [2.45, 2.75) is 72.0 Å². The fourth-order valence-electron chi connectivity index (χ4n) is 3.05. The normalized spacial score (nSPS) is 29.6. The summed E-state index contributed by atoms with van der Waals surface area (Å²) in [6.07, 6.45) is 3.89. The van der Waals surface area contributed by atoms with E-state index in [1.807, 2.05) is 0 Å².